The fraction of sp³-hybridized carbons (Fsp3) is 0.333. The van der Waals surface area contributed by atoms with Gasteiger partial charge >= 0.3 is 58.4 Å². The predicted octanol–water partition coefficient (Wildman–Crippen LogP) is 0.0728. The summed E-state index contributed by atoms with van der Waals surface area (Å²) in [6, 6.07) is 5.08. The van der Waals surface area contributed by atoms with Gasteiger partial charge in [0.15, 0.2) is 0 Å². The zero-order valence-corrected chi connectivity index (χ0v) is 12.2. The van der Waals surface area contributed by atoms with Crippen LogP contribution in [0.5, 0.6) is 5.75 Å². The van der Waals surface area contributed by atoms with Crippen LogP contribution in [0.1, 0.15) is 11.1 Å². The Morgan fingerprint density at radius 1 is 1.20 bits per heavy atom. The summed E-state index contributed by atoms with van der Waals surface area (Å²) < 4.78 is 40.3. The zero-order chi connectivity index (χ0) is 10.8. The molecule has 0 amide bonds. The Morgan fingerprint density at radius 3 is 2.27 bits per heavy atom. The maximum atomic E-state index is 11.9. The minimum atomic E-state index is -4.87. The molecule has 0 bridgehead atoms. The van der Waals surface area contributed by atoms with Gasteiger partial charge in [-0.2, -0.15) is 0 Å². The second-order valence-electron chi connectivity index (χ2n) is 3.29. The van der Waals surface area contributed by atoms with E-state index >= 15 is 0 Å². The SMILES string of the molecule is Cc1ccc(OC[B-](F)(F)F)c(C)c1.[K+]. The van der Waals surface area contributed by atoms with Crippen LogP contribution >= 0.6 is 0 Å². The van der Waals surface area contributed by atoms with Crippen LogP contribution in [0.25, 0.3) is 0 Å². The van der Waals surface area contributed by atoms with Crippen LogP contribution < -0.4 is 56.1 Å². The number of aryl methyl sites for hydroxylation is 2. The van der Waals surface area contributed by atoms with Gasteiger partial charge in [0.25, 0.3) is 0 Å². The summed E-state index contributed by atoms with van der Waals surface area (Å²) in [6.45, 7) is -2.44. The Labute approximate surface area is 130 Å². The maximum absolute atomic E-state index is 11.9. The molecule has 1 nitrogen and oxygen atoms in total. The summed E-state index contributed by atoms with van der Waals surface area (Å²) in [6.07, 6.45) is 0. The predicted molar refractivity (Wildman–Crippen MR) is 50.5 cm³/mol. The molecule has 0 atom stereocenters. The summed E-state index contributed by atoms with van der Waals surface area (Å²) in [5, 5.41) is 0. The largest absolute Gasteiger partial charge is 1.00 e. The van der Waals surface area contributed by atoms with Gasteiger partial charge in [0.1, 0.15) is 5.75 Å². The van der Waals surface area contributed by atoms with Gasteiger partial charge in [0.05, 0.1) is 6.51 Å². The second-order valence-corrected chi connectivity index (χ2v) is 3.29. The molecule has 1 aromatic carbocycles. The number of ether oxygens (including phenoxy) is 1. The Kier molecular flexibility index (Phi) is 6.51. The number of hydrogen-bond donors (Lipinski definition) is 0. The standard InChI is InChI=1S/C9H11BF3O.K/c1-7-3-4-9(8(2)5-7)14-6-10(11,12)13;/h3-5H,6H2,1-2H3;/q-1;+1. The van der Waals surface area contributed by atoms with Crippen LogP contribution in [0, 0.1) is 13.8 Å². The van der Waals surface area contributed by atoms with Crippen LogP contribution in [-0.4, -0.2) is 13.5 Å². The van der Waals surface area contributed by atoms with E-state index in [9.17, 15) is 12.9 Å². The molecule has 0 spiro atoms. The van der Waals surface area contributed by atoms with Gasteiger partial charge in [0.2, 0.25) is 0 Å². The van der Waals surface area contributed by atoms with E-state index < -0.39 is 13.5 Å². The van der Waals surface area contributed by atoms with Crippen molar-refractivity contribution in [2.45, 2.75) is 13.8 Å². The summed E-state index contributed by atoms with van der Waals surface area (Å²) >= 11 is 0. The van der Waals surface area contributed by atoms with Crippen molar-refractivity contribution in [2.24, 2.45) is 0 Å². The first-order valence-corrected chi connectivity index (χ1v) is 4.29. The average Bonchev–Trinajstić information content (AvgIpc) is 2.00. The molecule has 0 radical (unpaired) electrons. The van der Waals surface area contributed by atoms with E-state index in [1.165, 1.54) is 0 Å². The van der Waals surface area contributed by atoms with E-state index in [1.807, 2.05) is 6.92 Å². The van der Waals surface area contributed by atoms with Gasteiger partial charge in [-0.15, -0.1) is 0 Å². The molecule has 0 saturated heterocycles. The number of benzene rings is 1. The van der Waals surface area contributed by atoms with Crippen molar-refractivity contribution in [1.82, 2.24) is 0 Å². The first-order valence-electron chi connectivity index (χ1n) is 4.29. The molecule has 0 fully saturated rings. The molecule has 0 aliphatic rings. The van der Waals surface area contributed by atoms with E-state index in [4.69, 9.17) is 0 Å². The van der Waals surface area contributed by atoms with Crippen LogP contribution in [0.3, 0.4) is 0 Å². The summed E-state index contributed by atoms with van der Waals surface area (Å²) in [7, 11) is 0. The van der Waals surface area contributed by atoms with Crippen molar-refractivity contribution >= 4 is 6.98 Å². The molecule has 15 heavy (non-hydrogen) atoms. The molecule has 0 saturated carbocycles. The minimum Gasteiger partial charge on any atom is -0.521 e. The van der Waals surface area contributed by atoms with Crippen LogP contribution in [0.15, 0.2) is 18.2 Å². The molecule has 0 heterocycles. The first kappa shape index (κ1) is 15.5. The Morgan fingerprint density at radius 2 is 1.80 bits per heavy atom. The number of halogens is 3. The molecular weight excluding hydrogens is 231 g/mol. The van der Waals surface area contributed by atoms with Gasteiger partial charge in [-0.1, -0.05) is 17.7 Å². The first-order chi connectivity index (χ1) is 6.38. The Bertz CT molecular complexity index is 328. The van der Waals surface area contributed by atoms with E-state index in [-0.39, 0.29) is 51.4 Å². The fourth-order valence-corrected chi connectivity index (χ4v) is 1.15. The number of hydrogen-bond acceptors (Lipinski definition) is 1. The van der Waals surface area contributed by atoms with Crippen LogP contribution in [0.4, 0.5) is 12.9 Å². The van der Waals surface area contributed by atoms with E-state index in [1.54, 1.807) is 25.1 Å². The van der Waals surface area contributed by atoms with Crippen molar-refractivity contribution in [3.63, 3.8) is 0 Å². The zero-order valence-electron chi connectivity index (χ0n) is 9.06. The topological polar surface area (TPSA) is 9.23 Å². The smallest absolute Gasteiger partial charge is 0.521 e. The molecule has 0 N–H and O–H groups in total. The van der Waals surface area contributed by atoms with Crippen molar-refractivity contribution in [1.29, 1.82) is 0 Å². The molecule has 0 unspecified atom stereocenters. The van der Waals surface area contributed by atoms with Crippen molar-refractivity contribution in [2.75, 3.05) is 6.51 Å². The molecular formula is C9H11BF3KO. The van der Waals surface area contributed by atoms with Crippen LogP contribution in [0.2, 0.25) is 0 Å². The third kappa shape index (κ3) is 5.97. The molecule has 1 aromatic rings. The molecule has 0 aromatic heterocycles. The molecule has 0 aliphatic heterocycles. The van der Waals surface area contributed by atoms with Gasteiger partial charge < -0.3 is 17.7 Å². The molecule has 0 aliphatic carbocycles. The van der Waals surface area contributed by atoms with Gasteiger partial charge in [-0.25, -0.2) is 0 Å². The maximum Gasteiger partial charge on any atom is 1.00 e. The summed E-state index contributed by atoms with van der Waals surface area (Å²) in [4.78, 5) is 0. The summed E-state index contributed by atoms with van der Waals surface area (Å²) in [5.41, 5.74) is 1.73. The van der Waals surface area contributed by atoms with Crippen molar-refractivity contribution in [3.8, 4) is 5.75 Å². The Hall–Kier alpha value is 0.511. The van der Waals surface area contributed by atoms with Gasteiger partial charge in [0, 0.05) is 0 Å². The van der Waals surface area contributed by atoms with E-state index in [0.29, 0.717) is 5.75 Å². The molecule has 78 valence electrons. The molecule has 1 rings (SSSR count). The second kappa shape index (κ2) is 6.30. The van der Waals surface area contributed by atoms with Gasteiger partial charge in [-0.05, 0) is 25.5 Å². The quantitative estimate of drug-likeness (QED) is 0.682. The third-order valence-corrected chi connectivity index (χ3v) is 1.76. The van der Waals surface area contributed by atoms with Crippen LogP contribution in [-0.2, 0) is 0 Å². The van der Waals surface area contributed by atoms with E-state index in [0.717, 1.165) is 11.1 Å². The van der Waals surface area contributed by atoms with Crippen molar-refractivity contribution < 1.29 is 69.1 Å². The fourth-order valence-electron chi connectivity index (χ4n) is 1.15. The average molecular weight is 242 g/mol. The third-order valence-electron chi connectivity index (χ3n) is 1.76. The monoisotopic (exact) mass is 242 g/mol. The van der Waals surface area contributed by atoms with Crippen molar-refractivity contribution in [3.05, 3.63) is 29.3 Å². The van der Waals surface area contributed by atoms with E-state index in [2.05, 4.69) is 4.74 Å². The van der Waals surface area contributed by atoms with Gasteiger partial charge in [-0.3, -0.25) is 0 Å². The number of rotatable bonds is 3. The summed E-state index contributed by atoms with van der Waals surface area (Å²) in [5.74, 6) is 0.301. The minimum absolute atomic E-state index is 0. The normalized spacial score (nSPS) is 10.7. The Balaban J connectivity index is 0.00000196. The molecule has 6 heteroatoms.